The van der Waals surface area contributed by atoms with Gasteiger partial charge in [-0.15, -0.1) is 0 Å². The van der Waals surface area contributed by atoms with Crippen molar-refractivity contribution < 1.29 is 21.6 Å². The van der Waals surface area contributed by atoms with E-state index in [4.69, 9.17) is 5.73 Å². The quantitative estimate of drug-likeness (QED) is 0.833. The van der Waals surface area contributed by atoms with Crippen LogP contribution < -0.4 is 5.73 Å². The maximum absolute atomic E-state index is 13.0. The van der Waals surface area contributed by atoms with Crippen LogP contribution in [0, 0.1) is 0 Å². The lowest BCUT2D eigenvalue weighted by atomic mass is 10.0. The molecule has 1 heterocycles. The van der Waals surface area contributed by atoms with Crippen molar-refractivity contribution in [3.8, 4) is 0 Å². The monoisotopic (exact) mass is 288 g/mol. The highest BCUT2D eigenvalue weighted by atomic mass is 32.2. The minimum atomic E-state index is -4.44. The summed E-state index contributed by atoms with van der Waals surface area (Å²) in [5.74, 6) is -0.476. The topological polar surface area (TPSA) is 63.4 Å². The van der Waals surface area contributed by atoms with Crippen LogP contribution in [0.15, 0.2) is 0 Å². The molecule has 1 fully saturated rings. The third-order valence-corrected chi connectivity index (χ3v) is 5.09. The predicted octanol–water partition coefficient (Wildman–Crippen LogP) is 0.774. The molecule has 8 heteroatoms. The molecule has 1 rings (SSSR count). The smallest absolute Gasteiger partial charge is 0.326 e. The van der Waals surface area contributed by atoms with E-state index in [2.05, 4.69) is 0 Å². The van der Waals surface area contributed by atoms with Crippen LogP contribution in [0.1, 0.15) is 20.3 Å². The zero-order valence-electron chi connectivity index (χ0n) is 10.4. The minimum Gasteiger partial charge on any atom is -0.326 e. The summed E-state index contributed by atoms with van der Waals surface area (Å²) < 4.78 is 61.9. The van der Waals surface area contributed by atoms with E-state index in [1.54, 1.807) is 6.92 Å². The molecule has 3 atom stereocenters. The van der Waals surface area contributed by atoms with Crippen molar-refractivity contribution in [1.82, 2.24) is 4.90 Å². The second-order valence-corrected chi connectivity index (χ2v) is 6.99. The number of rotatable bonds is 3. The second kappa shape index (κ2) is 5.34. The van der Waals surface area contributed by atoms with Crippen LogP contribution in [0.2, 0.25) is 0 Å². The van der Waals surface area contributed by atoms with Crippen LogP contribution in [0.4, 0.5) is 13.2 Å². The van der Waals surface area contributed by atoms with Crippen LogP contribution in [0.25, 0.3) is 0 Å². The molecule has 4 nitrogen and oxygen atoms in total. The molecule has 2 N–H and O–H groups in total. The van der Waals surface area contributed by atoms with E-state index in [0.29, 0.717) is 0 Å². The number of halogens is 3. The van der Waals surface area contributed by atoms with E-state index in [-0.39, 0.29) is 24.5 Å². The SMILES string of the molecule is CCC(N)C(N1CCS(=O)(=O)CC1C)C(F)(F)F. The van der Waals surface area contributed by atoms with Crippen molar-refractivity contribution in [2.75, 3.05) is 18.1 Å². The normalized spacial score (nSPS) is 28.9. The third kappa shape index (κ3) is 3.58. The lowest BCUT2D eigenvalue weighted by Crippen LogP contribution is -2.62. The molecule has 0 radical (unpaired) electrons. The van der Waals surface area contributed by atoms with Crippen molar-refractivity contribution in [2.45, 2.75) is 44.6 Å². The molecule has 0 aromatic carbocycles. The Balaban J connectivity index is 2.94. The van der Waals surface area contributed by atoms with Gasteiger partial charge in [0.15, 0.2) is 9.84 Å². The number of hydrogen-bond donors (Lipinski definition) is 1. The Morgan fingerprint density at radius 3 is 2.39 bits per heavy atom. The van der Waals surface area contributed by atoms with Gasteiger partial charge in [0.05, 0.1) is 11.5 Å². The molecule has 0 saturated carbocycles. The van der Waals surface area contributed by atoms with E-state index in [1.807, 2.05) is 0 Å². The van der Waals surface area contributed by atoms with Gasteiger partial charge in [-0.1, -0.05) is 6.92 Å². The lowest BCUT2D eigenvalue weighted by Gasteiger charge is -2.42. The Labute approximate surface area is 105 Å². The summed E-state index contributed by atoms with van der Waals surface area (Å²) in [4.78, 5) is 1.18. The summed E-state index contributed by atoms with van der Waals surface area (Å²) in [5.41, 5.74) is 5.55. The molecule has 0 aliphatic carbocycles. The Morgan fingerprint density at radius 2 is 2.00 bits per heavy atom. The molecule has 1 aliphatic heterocycles. The van der Waals surface area contributed by atoms with Crippen molar-refractivity contribution in [3.05, 3.63) is 0 Å². The molecule has 0 aromatic heterocycles. The maximum Gasteiger partial charge on any atom is 0.405 e. The van der Waals surface area contributed by atoms with Crippen LogP contribution >= 0.6 is 0 Å². The highest BCUT2D eigenvalue weighted by Gasteiger charge is 2.49. The summed E-state index contributed by atoms with van der Waals surface area (Å²) in [6, 6.07) is -3.46. The average Bonchev–Trinajstić information content (AvgIpc) is 2.18. The van der Waals surface area contributed by atoms with E-state index in [0.717, 1.165) is 0 Å². The van der Waals surface area contributed by atoms with Gasteiger partial charge >= 0.3 is 6.18 Å². The maximum atomic E-state index is 13.0. The van der Waals surface area contributed by atoms with Crippen molar-refractivity contribution >= 4 is 9.84 Å². The Kier molecular flexibility index (Phi) is 4.66. The summed E-state index contributed by atoms with van der Waals surface area (Å²) >= 11 is 0. The predicted molar refractivity (Wildman–Crippen MR) is 62.9 cm³/mol. The van der Waals surface area contributed by atoms with Crippen LogP contribution in [-0.4, -0.2) is 55.7 Å². The molecule has 3 unspecified atom stereocenters. The zero-order chi connectivity index (χ0) is 14.1. The van der Waals surface area contributed by atoms with Crippen LogP contribution in [-0.2, 0) is 9.84 Å². The Hall–Kier alpha value is -0.340. The van der Waals surface area contributed by atoms with Crippen molar-refractivity contribution in [2.24, 2.45) is 5.73 Å². The van der Waals surface area contributed by atoms with Gasteiger partial charge in [0.2, 0.25) is 0 Å². The first kappa shape index (κ1) is 15.7. The van der Waals surface area contributed by atoms with Crippen LogP contribution in [0.5, 0.6) is 0 Å². The lowest BCUT2D eigenvalue weighted by molar-refractivity contribution is -0.193. The van der Waals surface area contributed by atoms with Gasteiger partial charge in [-0.3, -0.25) is 4.90 Å². The van der Waals surface area contributed by atoms with E-state index in [1.165, 1.54) is 11.8 Å². The highest BCUT2D eigenvalue weighted by molar-refractivity contribution is 7.91. The molecular formula is C10H19F3N2O2S. The molecule has 1 saturated heterocycles. The molecular weight excluding hydrogens is 269 g/mol. The largest absolute Gasteiger partial charge is 0.405 e. The van der Waals surface area contributed by atoms with Crippen molar-refractivity contribution in [3.63, 3.8) is 0 Å². The van der Waals surface area contributed by atoms with E-state index in [9.17, 15) is 21.6 Å². The highest BCUT2D eigenvalue weighted by Crippen LogP contribution is 2.30. The third-order valence-electron chi connectivity index (χ3n) is 3.29. The van der Waals surface area contributed by atoms with Gasteiger partial charge in [-0.05, 0) is 13.3 Å². The Morgan fingerprint density at radius 1 is 1.44 bits per heavy atom. The van der Waals surface area contributed by atoms with Gasteiger partial charge in [-0.25, -0.2) is 8.42 Å². The first-order valence-corrected chi connectivity index (χ1v) is 7.69. The fraction of sp³-hybridized carbons (Fsp3) is 1.00. The summed E-state index contributed by atoms with van der Waals surface area (Å²) in [6.07, 6.45) is -4.25. The van der Waals surface area contributed by atoms with Crippen molar-refractivity contribution in [1.29, 1.82) is 0 Å². The van der Waals surface area contributed by atoms with Gasteiger partial charge in [0.25, 0.3) is 0 Å². The van der Waals surface area contributed by atoms with E-state index < -0.39 is 34.1 Å². The number of nitrogens with two attached hydrogens (primary N) is 1. The summed E-state index contributed by atoms with van der Waals surface area (Å²) in [7, 11) is -3.23. The molecule has 108 valence electrons. The minimum absolute atomic E-state index is 0.110. The number of alkyl halides is 3. The molecule has 18 heavy (non-hydrogen) atoms. The summed E-state index contributed by atoms with van der Waals surface area (Å²) in [6.45, 7) is 2.98. The first-order chi connectivity index (χ1) is 8.08. The average molecular weight is 288 g/mol. The van der Waals surface area contributed by atoms with Crippen LogP contribution in [0.3, 0.4) is 0 Å². The molecule has 1 aliphatic rings. The molecule has 0 bridgehead atoms. The second-order valence-electron chi connectivity index (χ2n) is 4.76. The van der Waals surface area contributed by atoms with Gasteiger partial charge in [0.1, 0.15) is 6.04 Å². The van der Waals surface area contributed by atoms with E-state index >= 15 is 0 Å². The molecule has 0 amide bonds. The standard InChI is InChI=1S/C10H19F3N2O2S/c1-3-8(14)9(10(11,12)13)15-4-5-18(16,17)6-7(15)2/h7-9H,3-6,14H2,1-2H3. The van der Waals surface area contributed by atoms with Gasteiger partial charge < -0.3 is 5.73 Å². The summed E-state index contributed by atoms with van der Waals surface area (Å²) in [5, 5.41) is 0. The fourth-order valence-electron chi connectivity index (χ4n) is 2.32. The number of sulfone groups is 1. The zero-order valence-corrected chi connectivity index (χ0v) is 11.3. The number of nitrogens with zero attached hydrogens (tertiary/aromatic N) is 1. The molecule has 0 aromatic rings. The fourth-order valence-corrected chi connectivity index (χ4v) is 3.91. The molecule has 0 spiro atoms. The van der Waals surface area contributed by atoms with Gasteiger partial charge in [-0.2, -0.15) is 13.2 Å². The number of hydrogen-bond acceptors (Lipinski definition) is 4. The first-order valence-electron chi connectivity index (χ1n) is 5.87. The Bertz CT molecular complexity index is 383. The van der Waals surface area contributed by atoms with Gasteiger partial charge in [0, 0.05) is 18.6 Å².